The van der Waals surface area contributed by atoms with Gasteiger partial charge in [0, 0.05) is 7.05 Å². The van der Waals surface area contributed by atoms with E-state index in [0.717, 1.165) is 0 Å². The van der Waals surface area contributed by atoms with Gasteiger partial charge in [-0.3, -0.25) is 0 Å². The Balaban J connectivity index is 0. The predicted molar refractivity (Wildman–Crippen MR) is 27.3 cm³/mol. The predicted octanol–water partition coefficient (Wildman–Crippen LogP) is -3.01. The minimum Gasteiger partial charge on any atom is -1.00 e. The third-order valence-electron chi connectivity index (χ3n) is 0.617. The van der Waals surface area contributed by atoms with E-state index in [1.54, 1.807) is 11.7 Å². The summed E-state index contributed by atoms with van der Waals surface area (Å²) in [4.78, 5) is 0. The average molecular weight is 156 g/mol. The molecular weight excluding hydrogens is 151 g/mol. The molecule has 1 aromatic heterocycles. The van der Waals surface area contributed by atoms with Crippen LogP contribution in [0, 0.1) is 4.77 Å². The number of hydrogen-bond donors (Lipinski definition) is 1. The minimum atomic E-state index is 0. The number of tetrazole rings is 1. The Morgan fingerprint density at radius 3 is 2.62 bits per heavy atom. The number of aromatic amines is 1. The van der Waals surface area contributed by atoms with Crippen molar-refractivity contribution in [3.8, 4) is 0 Å². The SMILES string of the molecule is Cn1[nH]nnc1=S.[H-].[K+]. The van der Waals surface area contributed by atoms with Crippen molar-refractivity contribution in [1.82, 2.24) is 20.2 Å². The quantitative estimate of drug-likeness (QED) is 0.321. The molecule has 0 aromatic carbocycles. The number of aryl methyl sites for hydroxylation is 1. The van der Waals surface area contributed by atoms with Gasteiger partial charge in [0.05, 0.1) is 0 Å². The summed E-state index contributed by atoms with van der Waals surface area (Å²) in [5.74, 6) is 0. The molecule has 1 rings (SSSR count). The number of rotatable bonds is 0. The van der Waals surface area contributed by atoms with Crippen LogP contribution in [0.3, 0.4) is 0 Å². The van der Waals surface area contributed by atoms with Crippen LogP contribution in [-0.4, -0.2) is 20.2 Å². The molecule has 1 aromatic rings. The van der Waals surface area contributed by atoms with Crippen LogP contribution in [0.1, 0.15) is 1.43 Å². The topological polar surface area (TPSA) is 46.5 Å². The second kappa shape index (κ2) is 3.86. The van der Waals surface area contributed by atoms with E-state index in [4.69, 9.17) is 0 Å². The zero-order valence-corrected chi connectivity index (χ0v) is 8.69. The van der Waals surface area contributed by atoms with E-state index in [-0.39, 0.29) is 52.8 Å². The van der Waals surface area contributed by atoms with Gasteiger partial charge in [-0.25, -0.2) is 4.68 Å². The van der Waals surface area contributed by atoms with Gasteiger partial charge in [-0.05, 0) is 12.2 Å². The summed E-state index contributed by atoms with van der Waals surface area (Å²) in [6, 6.07) is 0. The molecule has 0 radical (unpaired) electrons. The number of aromatic nitrogens is 4. The Morgan fingerprint density at radius 2 is 2.50 bits per heavy atom. The molecule has 40 valence electrons. The third kappa shape index (κ3) is 2.04. The molecule has 1 heterocycles. The molecule has 0 unspecified atom stereocenters. The van der Waals surface area contributed by atoms with Gasteiger partial charge in [0.2, 0.25) is 4.77 Å². The standard InChI is InChI=1S/C2H4N4S.K.H/c1-6-2(7)3-4-5-6;;/h1H3,(H,3,5,7);;/q;+1;-1. The molecule has 0 bridgehead atoms. The number of nitrogens with zero attached hydrogens (tertiary/aromatic N) is 3. The Bertz CT molecular complexity index is 206. The second-order valence-corrected chi connectivity index (χ2v) is 1.51. The first kappa shape index (κ1) is 8.93. The molecule has 0 spiro atoms. The first-order chi connectivity index (χ1) is 3.30. The van der Waals surface area contributed by atoms with Crippen molar-refractivity contribution in [2.75, 3.05) is 0 Å². The molecular formula is C2H5KN4S. The molecule has 0 aliphatic carbocycles. The summed E-state index contributed by atoms with van der Waals surface area (Å²) in [6.45, 7) is 0. The molecule has 6 heteroatoms. The number of nitrogens with one attached hydrogen (secondary N) is 1. The largest absolute Gasteiger partial charge is 1.00 e. The minimum absolute atomic E-state index is 0. The summed E-state index contributed by atoms with van der Waals surface area (Å²) in [5.41, 5.74) is 0. The zero-order chi connectivity index (χ0) is 5.28. The monoisotopic (exact) mass is 156 g/mol. The zero-order valence-electron chi connectivity index (χ0n) is 5.75. The maximum Gasteiger partial charge on any atom is 1.00 e. The van der Waals surface area contributed by atoms with E-state index < -0.39 is 0 Å². The van der Waals surface area contributed by atoms with Crippen LogP contribution in [0.5, 0.6) is 0 Å². The summed E-state index contributed by atoms with van der Waals surface area (Å²) < 4.78 is 2.02. The molecule has 4 nitrogen and oxygen atoms in total. The molecule has 0 atom stereocenters. The van der Waals surface area contributed by atoms with Crippen LogP contribution >= 0.6 is 12.2 Å². The fourth-order valence-electron chi connectivity index (χ4n) is 0.242. The first-order valence-corrected chi connectivity index (χ1v) is 2.15. The van der Waals surface area contributed by atoms with Crippen LogP contribution in [0.4, 0.5) is 0 Å². The van der Waals surface area contributed by atoms with Crippen molar-refractivity contribution in [1.29, 1.82) is 0 Å². The Labute approximate surface area is 95.5 Å². The number of H-pyrrole nitrogens is 1. The van der Waals surface area contributed by atoms with Crippen LogP contribution in [0.15, 0.2) is 0 Å². The van der Waals surface area contributed by atoms with Gasteiger partial charge >= 0.3 is 51.4 Å². The van der Waals surface area contributed by atoms with E-state index in [9.17, 15) is 0 Å². The summed E-state index contributed by atoms with van der Waals surface area (Å²) >= 11 is 4.64. The van der Waals surface area contributed by atoms with Gasteiger partial charge in [0.1, 0.15) is 0 Å². The average Bonchev–Trinajstić information content (AvgIpc) is 1.91. The molecule has 0 aliphatic heterocycles. The van der Waals surface area contributed by atoms with Crippen LogP contribution in [0.25, 0.3) is 0 Å². The number of hydrogen-bond acceptors (Lipinski definition) is 3. The first-order valence-electron chi connectivity index (χ1n) is 1.75. The normalized spacial score (nSPS) is 8.12. The van der Waals surface area contributed by atoms with E-state index in [1.807, 2.05) is 0 Å². The van der Waals surface area contributed by atoms with Crippen LogP contribution in [0.2, 0.25) is 0 Å². The van der Waals surface area contributed by atoms with Crippen molar-refractivity contribution in [2.24, 2.45) is 7.05 Å². The van der Waals surface area contributed by atoms with Gasteiger partial charge in [-0.15, -0.1) is 0 Å². The Kier molecular flexibility index (Phi) is 4.31. The van der Waals surface area contributed by atoms with Crippen LogP contribution in [-0.2, 0) is 7.05 Å². The summed E-state index contributed by atoms with van der Waals surface area (Å²) in [6.07, 6.45) is 0. The van der Waals surface area contributed by atoms with Crippen molar-refractivity contribution in [2.45, 2.75) is 0 Å². The van der Waals surface area contributed by atoms with Crippen molar-refractivity contribution in [3.05, 3.63) is 4.77 Å². The summed E-state index contributed by atoms with van der Waals surface area (Å²) in [7, 11) is 1.75. The maximum absolute atomic E-state index is 4.64. The molecule has 0 fully saturated rings. The van der Waals surface area contributed by atoms with E-state index >= 15 is 0 Å². The molecule has 0 aliphatic rings. The Hall–Kier alpha value is 0.926. The van der Waals surface area contributed by atoms with E-state index in [2.05, 4.69) is 27.7 Å². The van der Waals surface area contributed by atoms with Gasteiger partial charge in [0.25, 0.3) is 0 Å². The maximum atomic E-state index is 4.64. The van der Waals surface area contributed by atoms with E-state index in [1.165, 1.54) is 0 Å². The van der Waals surface area contributed by atoms with Gasteiger partial charge < -0.3 is 1.43 Å². The van der Waals surface area contributed by atoms with E-state index in [0.29, 0.717) is 4.77 Å². The summed E-state index contributed by atoms with van der Waals surface area (Å²) in [5, 5.41) is 9.41. The molecule has 0 amide bonds. The molecule has 8 heavy (non-hydrogen) atoms. The van der Waals surface area contributed by atoms with Crippen molar-refractivity contribution >= 4 is 12.2 Å². The van der Waals surface area contributed by atoms with Gasteiger partial charge in [-0.2, -0.15) is 5.21 Å². The van der Waals surface area contributed by atoms with Gasteiger partial charge in [0.15, 0.2) is 0 Å². The molecule has 1 N–H and O–H groups in total. The second-order valence-electron chi connectivity index (χ2n) is 1.14. The third-order valence-corrected chi connectivity index (χ3v) is 0.973. The molecule has 0 saturated heterocycles. The smallest absolute Gasteiger partial charge is 1.00 e. The van der Waals surface area contributed by atoms with Crippen molar-refractivity contribution in [3.63, 3.8) is 0 Å². The fourth-order valence-corrected chi connectivity index (χ4v) is 0.324. The molecule has 0 saturated carbocycles. The van der Waals surface area contributed by atoms with Crippen molar-refractivity contribution < 1.29 is 52.8 Å². The fraction of sp³-hybridized carbons (Fsp3) is 0.500. The van der Waals surface area contributed by atoms with Crippen LogP contribution < -0.4 is 51.4 Å². The Morgan fingerprint density at radius 1 is 1.88 bits per heavy atom. The van der Waals surface area contributed by atoms with Gasteiger partial charge in [-0.1, -0.05) is 10.3 Å².